The highest BCUT2D eigenvalue weighted by molar-refractivity contribution is 7.99. The SMILES string of the molecule is COc1ccc(Cl)cc1-c1nc(SCC(=O)NC(C)(C)CC(C)(C)C)n[nH]1. The molecule has 27 heavy (non-hydrogen) atoms. The van der Waals surface area contributed by atoms with Gasteiger partial charge >= 0.3 is 0 Å². The van der Waals surface area contributed by atoms with Crippen LogP contribution < -0.4 is 10.1 Å². The maximum absolute atomic E-state index is 12.3. The van der Waals surface area contributed by atoms with Crippen LogP contribution in [0.25, 0.3) is 11.4 Å². The molecule has 1 aromatic heterocycles. The predicted octanol–water partition coefficient (Wildman–Crippen LogP) is 4.56. The van der Waals surface area contributed by atoms with Crippen molar-refractivity contribution >= 4 is 29.3 Å². The average Bonchev–Trinajstić information content (AvgIpc) is 2.98. The Morgan fingerprint density at radius 3 is 2.63 bits per heavy atom. The number of benzene rings is 1. The third kappa shape index (κ3) is 6.74. The van der Waals surface area contributed by atoms with Crippen molar-refractivity contribution < 1.29 is 9.53 Å². The lowest BCUT2D eigenvalue weighted by Gasteiger charge is -2.33. The number of halogens is 1. The normalized spacial score (nSPS) is 12.1. The number of methoxy groups -OCH3 is 1. The van der Waals surface area contributed by atoms with E-state index in [1.807, 2.05) is 13.8 Å². The molecule has 0 unspecified atom stereocenters. The van der Waals surface area contributed by atoms with Gasteiger partial charge in [0.15, 0.2) is 5.82 Å². The van der Waals surface area contributed by atoms with Crippen LogP contribution in [0.3, 0.4) is 0 Å². The Bertz CT molecular complexity index is 799. The molecule has 1 heterocycles. The first-order valence-electron chi connectivity index (χ1n) is 8.69. The monoisotopic (exact) mass is 410 g/mol. The largest absolute Gasteiger partial charge is 0.496 e. The van der Waals surface area contributed by atoms with Gasteiger partial charge in [-0.05, 0) is 43.9 Å². The zero-order valence-corrected chi connectivity index (χ0v) is 18.2. The average molecular weight is 411 g/mol. The second-order valence-corrected chi connectivity index (χ2v) is 9.65. The van der Waals surface area contributed by atoms with Crippen molar-refractivity contribution in [2.45, 2.75) is 51.7 Å². The van der Waals surface area contributed by atoms with Crippen LogP contribution in [0.2, 0.25) is 5.02 Å². The van der Waals surface area contributed by atoms with Gasteiger partial charge in [0.05, 0.1) is 18.4 Å². The van der Waals surface area contributed by atoms with E-state index in [-0.39, 0.29) is 22.6 Å². The lowest BCUT2D eigenvalue weighted by Crippen LogP contribution is -2.46. The van der Waals surface area contributed by atoms with Gasteiger partial charge in [-0.15, -0.1) is 5.10 Å². The molecule has 0 aliphatic rings. The summed E-state index contributed by atoms with van der Waals surface area (Å²) in [6.45, 7) is 10.6. The molecule has 1 aromatic carbocycles. The maximum Gasteiger partial charge on any atom is 0.230 e. The van der Waals surface area contributed by atoms with E-state index >= 15 is 0 Å². The highest BCUT2D eigenvalue weighted by Crippen LogP contribution is 2.31. The molecule has 0 fully saturated rings. The minimum atomic E-state index is -0.270. The van der Waals surface area contributed by atoms with E-state index < -0.39 is 0 Å². The molecule has 6 nitrogen and oxygen atoms in total. The highest BCUT2D eigenvalue weighted by atomic mass is 35.5. The number of amides is 1. The predicted molar refractivity (Wildman–Crippen MR) is 110 cm³/mol. The molecule has 0 saturated carbocycles. The van der Waals surface area contributed by atoms with Crippen LogP contribution >= 0.6 is 23.4 Å². The number of H-pyrrole nitrogens is 1. The molecule has 0 spiro atoms. The Morgan fingerprint density at radius 2 is 2.00 bits per heavy atom. The number of carbonyl (C=O) groups is 1. The van der Waals surface area contributed by atoms with Crippen LogP contribution in [-0.2, 0) is 4.79 Å². The van der Waals surface area contributed by atoms with E-state index in [9.17, 15) is 4.79 Å². The molecule has 148 valence electrons. The number of hydrogen-bond donors (Lipinski definition) is 2. The number of thioether (sulfide) groups is 1. The quantitative estimate of drug-likeness (QED) is 0.654. The highest BCUT2D eigenvalue weighted by Gasteiger charge is 2.27. The number of nitrogens with one attached hydrogen (secondary N) is 2. The molecule has 0 aliphatic heterocycles. The maximum atomic E-state index is 12.3. The van der Waals surface area contributed by atoms with Gasteiger partial charge in [0, 0.05) is 10.6 Å². The van der Waals surface area contributed by atoms with Gasteiger partial charge in [0.2, 0.25) is 11.1 Å². The summed E-state index contributed by atoms with van der Waals surface area (Å²) in [4.78, 5) is 16.7. The summed E-state index contributed by atoms with van der Waals surface area (Å²) < 4.78 is 5.34. The van der Waals surface area contributed by atoms with Gasteiger partial charge < -0.3 is 10.1 Å². The van der Waals surface area contributed by atoms with E-state index in [4.69, 9.17) is 16.3 Å². The summed E-state index contributed by atoms with van der Waals surface area (Å²) in [5, 5.41) is 11.2. The minimum Gasteiger partial charge on any atom is -0.496 e. The third-order valence-electron chi connectivity index (χ3n) is 3.66. The Balaban J connectivity index is 1.99. The molecule has 0 aliphatic carbocycles. The zero-order valence-electron chi connectivity index (χ0n) is 16.6. The third-order valence-corrected chi connectivity index (χ3v) is 4.75. The van der Waals surface area contributed by atoms with Gasteiger partial charge in [-0.25, -0.2) is 4.98 Å². The molecule has 2 N–H and O–H groups in total. The molecule has 1 amide bonds. The second kappa shape index (κ2) is 8.52. The fraction of sp³-hybridized carbons (Fsp3) is 0.526. The van der Waals surface area contributed by atoms with E-state index in [0.717, 1.165) is 12.0 Å². The zero-order chi connectivity index (χ0) is 20.2. The van der Waals surface area contributed by atoms with Crippen LogP contribution in [0, 0.1) is 5.41 Å². The molecule has 2 rings (SSSR count). The molecular formula is C19H27ClN4O2S. The fourth-order valence-electron chi connectivity index (χ4n) is 3.21. The minimum absolute atomic E-state index is 0.0408. The summed E-state index contributed by atoms with van der Waals surface area (Å²) in [6, 6.07) is 5.29. The first kappa shape index (κ1) is 21.6. The van der Waals surface area contributed by atoms with Crippen LogP contribution in [0.4, 0.5) is 0 Å². The molecule has 0 atom stereocenters. The lowest BCUT2D eigenvalue weighted by molar-refractivity contribution is -0.120. The molecule has 2 aromatic rings. The van der Waals surface area contributed by atoms with Gasteiger partial charge in [0.1, 0.15) is 5.75 Å². The van der Waals surface area contributed by atoms with Gasteiger partial charge in [0.25, 0.3) is 0 Å². The number of aromatic amines is 1. The van der Waals surface area contributed by atoms with Gasteiger partial charge in [-0.3, -0.25) is 9.89 Å². The number of nitrogens with zero attached hydrogens (tertiary/aromatic N) is 2. The first-order chi connectivity index (χ1) is 12.5. The van der Waals surface area contributed by atoms with Gasteiger partial charge in [-0.2, -0.15) is 0 Å². The molecular weight excluding hydrogens is 384 g/mol. The molecule has 0 bridgehead atoms. The van der Waals surface area contributed by atoms with Crippen molar-refractivity contribution in [2.75, 3.05) is 12.9 Å². The molecule has 8 heteroatoms. The van der Waals surface area contributed by atoms with Crippen molar-refractivity contribution in [3.63, 3.8) is 0 Å². The van der Waals surface area contributed by atoms with Gasteiger partial charge in [-0.1, -0.05) is 44.1 Å². The van der Waals surface area contributed by atoms with E-state index in [1.54, 1.807) is 25.3 Å². The summed E-state index contributed by atoms with van der Waals surface area (Å²) >= 11 is 7.35. The Kier molecular flexibility index (Phi) is 6.81. The first-order valence-corrected chi connectivity index (χ1v) is 10.1. The number of aromatic nitrogens is 3. The Morgan fingerprint density at radius 1 is 1.30 bits per heavy atom. The Labute approximate surface area is 169 Å². The number of hydrogen-bond acceptors (Lipinski definition) is 5. The fourth-order valence-corrected chi connectivity index (χ4v) is 3.98. The van der Waals surface area contributed by atoms with Crippen molar-refractivity contribution in [1.29, 1.82) is 0 Å². The number of carbonyl (C=O) groups excluding carboxylic acids is 1. The topological polar surface area (TPSA) is 79.9 Å². The van der Waals surface area contributed by atoms with Crippen LogP contribution in [-0.4, -0.2) is 39.5 Å². The smallest absolute Gasteiger partial charge is 0.230 e. The summed E-state index contributed by atoms with van der Waals surface area (Å²) in [5.41, 5.74) is 0.590. The second-order valence-electron chi connectivity index (χ2n) is 8.27. The summed E-state index contributed by atoms with van der Waals surface area (Å²) in [5.74, 6) is 1.40. The lowest BCUT2D eigenvalue weighted by atomic mass is 9.82. The summed E-state index contributed by atoms with van der Waals surface area (Å²) in [6.07, 6.45) is 0.885. The van der Waals surface area contributed by atoms with Crippen molar-refractivity contribution in [3.8, 4) is 17.1 Å². The standard InChI is InChI=1S/C19H27ClN4O2S/c1-18(2,3)11-19(4,5)22-15(25)10-27-17-21-16(23-24-17)13-9-12(20)7-8-14(13)26-6/h7-9H,10-11H2,1-6H3,(H,22,25)(H,21,23,24). The van der Waals surface area contributed by atoms with Crippen molar-refractivity contribution in [2.24, 2.45) is 5.41 Å². The van der Waals surface area contributed by atoms with E-state index in [2.05, 4.69) is 41.3 Å². The van der Waals surface area contributed by atoms with Crippen molar-refractivity contribution in [1.82, 2.24) is 20.5 Å². The van der Waals surface area contributed by atoms with Crippen molar-refractivity contribution in [3.05, 3.63) is 23.2 Å². The van der Waals surface area contributed by atoms with E-state index in [1.165, 1.54) is 11.8 Å². The molecule has 0 radical (unpaired) electrons. The number of rotatable bonds is 7. The Hall–Kier alpha value is -1.73. The van der Waals surface area contributed by atoms with E-state index in [0.29, 0.717) is 21.8 Å². The van der Waals surface area contributed by atoms with Crippen LogP contribution in [0.1, 0.15) is 41.0 Å². The van der Waals surface area contributed by atoms with Crippen LogP contribution in [0.5, 0.6) is 5.75 Å². The number of ether oxygens (including phenoxy) is 1. The molecule has 0 saturated heterocycles. The summed E-state index contributed by atoms with van der Waals surface area (Å²) in [7, 11) is 1.59. The van der Waals surface area contributed by atoms with Crippen LogP contribution in [0.15, 0.2) is 23.4 Å².